The lowest BCUT2D eigenvalue weighted by Gasteiger charge is -2.44. The molecule has 0 aromatic heterocycles. The Kier molecular flexibility index (Phi) is 14.2. The highest BCUT2D eigenvalue weighted by molar-refractivity contribution is 5.91. The van der Waals surface area contributed by atoms with Gasteiger partial charge in [0, 0.05) is 37.3 Å². The minimum absolute atomic E-state index is 0.0415. The Morgan fingerprint density at radius 3 is 2.48 bits per heavy atom. The maximum absolute atomic E-state index is 13.1. The molecule has 0 spiro atoms. The van der Waals surface area contributed by atoms with Gasteiger partial charge in [0.05, 0.1) is 12.2 Å². The van der Waals surface area contributed by atoms with Gasteiger partial charge in [0.1, 0.15) is 18.5 Å². The molecule has 10 atom stereocenters. The SMILES string of the molecule is CC[C@H]1OC(=O)CC[C@H](C)[C@@H](OC2OC(C)CC(N(C)C)C2O)[C@@H](CC=O)C[C@@H](C)C(=O)C=CC(C)=C[C@@H]1CN. The normalized spacial score (nSPS) is 37.2. The molecule has 4 unspecified atom stereocenters. The zero-order valence-corrected chi connectivity index (χ0v) is 25.5. The first-order valence-electron chi connectivity index (χ1n) is 14.8. The fourth-order valence-corrected chi connectivity index (χ4v) is 5.89. The number of aliphatic hydroxyl groups excluding tert-OH is 1. The summed E-state index contributed by atoms with van der Waals surface area (Å²) in [6.07, 6.45) is 5.82. The third kappa shape index (κ3) is 9.87. The third-order valence-electron chi connectivity index (χ3n) is 8.36. The third-order valence-corrected chi connectivity index (χ3v) is 8.36. The molecular formula is C31H52N2O7. The van der Waals surface area contributed by atoms with Crippen LogP contribution in [0, 0.1) is 23.7 Å². The lowest BCUT2D eigenvalue weighted by Crippen LogP contribution is -2.55. The zero-order valence-electron chi connectivity index (χ0n) is 25.5. The van der Waals surface area contributed by atoms with E-state index in [0.29, 0.717) is 32.2 Å². The van der Waals surface area contributed by atoms with Crippen LogP contribution in [-0.4, -0.2) is 85.4 Å². The van der Waals surface area contributed by atoms with Crippen LogP contribution in [0.1, 0.15) is 73.1 Å². The summed E-state index contributed by atoms with van der Waals surface area (Å²) in [6.45, 7) is 9.95. The highest BCUT2D eigenvalue weighted by atomic mass is 16.7. The molecule has 228 valence electrons. The van der Waals surface area contributed by atoms with E-state index >= 15 is 0 Å². The van der Waals surface area contributed by atoms with E-state index in [-0.39, 0.29) is 66.5 Å². The summed E-state index contributed by atoms with van der Waals surface area (Å²) < 4.78 is 18.4. The van der Waals surface area contributed by atoms with Crippen molar-refractivity contribution in [2.45, 2.75) is 110 Å². The molecule has 2 heterocycles. The van der Waals surface area contributed by atoms with Crippen LogP contribution in [0.4, 0.5) is 0 Å². The number of nitrogens with zero attached hydrogens (tertiary/aromatic N) is 1. The van der Waals surface area contributed by atoms with Crippen molar-refractivity contribution in [1.82, 2.24) is 4.90 Å². The number of aliphatic hydroxyl groups is 1. The highest BCUT2D eigenvalue weighted by Crippen LogP contribution is 2.33. The van der Waals surface area contributed by atoms with Gasteiger partial charge in [0.25, 0.3) is 0 Å². The van der Waals surface area contributed by atoms with Crippen LogP contribution in [0.3, 0.4) is 0 Å². The number of ether oxygens (including phenoxy) is 3. The van der Waals surface area contributed by atoms with Crippen molar-refractivity contribution in [3.05, 3.63) is 23.8 Å². The van der Waals surface area contributed by atoms with Gasteiger partial charge in [-0.2, -0.15) is 0 Å². The number of likely N-dealkylation sites (N-methyl/N-ethyl adjacent to an activating group) is 1. The number of carbonyl (C=O) groups is 3. The summed E-state index contributed by atoms with van der Waals surface area (Å²) >= 11 is 0. The molecule has 0 bridgehead atoms. The standard InChI is InChI=1S/C31H52N2O7/c1-8-27-24(18-32)15-19(2)9-11-26(35)21(4)16-23(13-14-34)30(20(3)10-12-28(36)39-27)40-31-29(37)25(33(6)7)17-22(5)38-31/h9,11,14-15,20-25,27,29-31,37H,8,10,12-13,16-18,32H2,1-7H3/t20-,21+,22?,23-,24+,25?,27+,29?,30+,31?/m0/s1. The molecule has 1 saturated heterocycles. The minimum atomic E-state index is -0.899. The molecule has 9 nitrogen and oxygen atoms in total. The van der Waals surface area contributed by atoms with Crippen LogP contribution in [0.15, 0.2) is 23.8 Å². The second-order valence-corrected chi connectivity index (χ2v) is 12.0. The lowest BCUT2D eigenvalue weighted by molar-refractivity contribution is -0.280. The molecule has 0 radical (unpaired) electrons. The van der Waals surface area contributed by atoms with Gasteiger partial charge in [0.2, 0.25) is 0 Å². The number of esters is 1. The van der Waals surface area contributed by atoms with Crippen LogP contribution < -0.4 is 5.73 Å². The highest BCUT2D eigenvalue weighted by Gasteiger charge is 2.41. The summed E-state index contributed by atoms with van der Waals surface area (Å²) in [5.74, 6) is -1.36. The van der Waals surface area contributed by atoms with Gasteiger partial charge in [-0.15, -0.1) is 0 Å². The topological polar surface area (TPSA) is 128 Å². The molecule has 2 aliphatic rings. The smallest absolute Gasteiger partial charge is 0.306 e. The van der Waals surface area contributed by atoms with E-state index in [1.54, 1.807) is 12.2 Å². The Morgan fingerprint density at radius 2 is 1.88 bits per heavy atom. The maximum atomic E-state index is 13.1. The van der Waals surface area contributed by atoms with E-state index in [9.17, 15) is 19.5 Å². The van der Waals surface area contributed by atoms with E-state index in [1.807, 2.05) is 59.7 Å². The number of hydrogen-bond acceptors (Lipinski definition) is 9. The molecule has 0 aliphatic carbocycles. The monoisotopic (exact) mass is 564 g/mol. The summed E-state index contributed by atoms with van der Waals surface area (Å²) in [6, 6.07) is -0.154. The summed E-state index contributed by atoms with van der Waals surface area (Å²) in [5.41, 5.74) is 6.89. The molecule has 0 aromatic rings. The van der Waals surface area contributed by atoms with Crippen LogP contribution >= 0.6 is 0 Å². The Labute approximate surface area is 240 Å². The predicted molar refractivity (Wildman–Crippen MR) is 154 cm³/mol. The number of allylic oxidation sites excluding steroid dienone is 3. The van der Waals surface area contributed by atoms with Gasteiger partial charge in [-0.05, 0) is 71.5 Å². The van der Waals surface area contributed by atoms with Crippen molar-refractivity contribution in [3.63, 3.8) is 0 Å². The van der Waals surface area contributed by atoms with Crippen LogP contribution in [0.5, 0.6) is 0 Å². The zero-order chi connectivity index (χ0) is 30.0. The number of aldehydes is 1. The van der Waals surface area contributed by atoms with Crippen LogP contribution in [0.25, 0.3) is 0 Å². The second kappa shape index (κ2) is 16.5. The number of cyclic esters (lactones) is 1. The predicted octanol–water partition coefficient (Wildman–Crippen LogP) is 3.43. The van der Waals surface area contributed by atoms with Crippen molar-refractivity contribution in [2.24, 2.45) is 29.4 Å². The molecule has 2 aliphatic heterocycles. The van der Waals surface area contributed by atoms with Gasteiger partial charge in [-0.1, -0.05) is 38.5 Å². The van der Waals surface area contributed by atoms with Crippen molar-refractivity contribution in [2.75, 3.05) is 20.6 Å². The molecule has 1 fully saturated rings. The van der Waals surface area contributed by atoms with E-state index in [1.165, 1.54) is 0 Å². The Morgan fingerprint density at radius 1 is 1.18 bits per heavy atom. The number of rotatable bonds is 7. The van der Waals surface area contributed by atoms with E-state index < -0.39 is 18.5 Å². The fourth-order valence-electron chi connectivity index (χ4n) is 5.89. The first kappa shape index (κ1) is 34.3. The Balaban J connectivity index is 2.43. The quantitative estimate of drug-likeness (QED) is 0.353. The molecule has 2 rings (SSSR count). The largest absolute Gasteiger partial charge is 0.462 e. The molecule has 0 amide bonds. The van der Waals surface area contributed by atoms with E-state index in [4.69, 9.17) is 19.9 Å². The lowest BCUT2D eigenvalue weighted by atomic mass is 9.80. The van der Waals surface area contributed by atoms with Crippen molar-refractivity contribution in [1.29, 1.82) is 0 Å². The number of ketones is 1. The average Bonchev–Trinajstić information content (AvgIpc) is 2.91. The summed E-state index contributed by atoms with van der Waals surface area (Å²) in [4.78, 5) is 39.8. The van der Waals surface area contributed by atoms with Crippen LogP contribution in [0.2, 0.25) is 0 Å². The molecule has 3 N–H and O–H groups in total. The van der Waals surface area contributed by atoms with E-state index in [2.05, 4.69) is 0 Å². The number of nitrogens with two attached hydrogens (primary N) is 1. The summed E-state index contributed by atoms with van der Waals surface area (Å²) in [5, 5.41) is 11.1. The number of hydrogen-bond donors (Lipinski definition) is 2. The van der Waals surface area contributed by atoms with Crippen molar-refractivity contribution < 1.29 is 33.7 Å². The van der Waals surface area contributed by atoms with Gasteiger partial charge in [-0.3, -0.25) is 9.59 Å². The molecule has 0 aromatic carbocycles. The first-order chi connectivity index (χ1) is 18.9. The Hall–Kier alpha value is -1.91. The van der Waals surface area contributed by atoms with E-state index in [0.717, 1.165) is 11.9 Å². The van der Waals surface area contributed by atoms with Gasteiger partial charge < -0.3 is 34.7 Å². The molecule has 9 heteroatoms. The molecule has 0 saturated carbocycles. The van der Waals surface area contributed by atoms with Gasteiger partial charge in [-0.25, -0.2) is 0 Å². The molecular weight excluding hydrogens is 512 g/mol. The fraction of sp³-hybridized carbons (Fsp3) is 0.774. The average molecular weight is 565 g/mol. The first-order valence-corrected chi connectivity index (χ1v) is 14.8. The molecule has 40 heavy (non-hydrogen) atoms. The van der Waals surface area contributed by atoms with Gasteiger partial charge >= 0.3 is 5.97 Å². The Bertz CT molecular complexity index is 889. The number of carbonyl (C=O) groups excluding carboxylic acids is 3. The summed E-state index contributed by atoms with van der Waals surface area (Å²) in [7, 11) is 3.82. The van der Waals surface area contributed by atoms with Gasteiger partial charge in [0.15, 0.2) is 12.1 Å². The minimum Gasteiger partial charge on any atom is -0.462 e. The maximum Gasteiger partial charge on any atom is 0.306 e. The van der Waals surface area contributed by atoms with Crippen LogP contribution in [-0.2, 0) is 28.6 Å². The van der Waals surface area contributed by atoms with Crippen molar-refractivity contribution >= 4 is 18.0 Å². The second-order valence-electron chi connectivity index (χ2n) is 12.0. The van der Waals surface area contributed by atoms with Crippen molar-refractivity contribution in [3.8, 4) is 0 Å².